The van der Waals surface area contributed by atoms with Crippen LogP contribution in [0.3, 0.4) is 0 Å². The van der Waals surface area contributed by atoms with Gasteiger partial charge in [0.25, 0.3) is 0 Å². The third kappa shape index (κ3) is 5.16. The summed E-state index contributed by atoms with van der Waals surface area (Å²) in [5.74, 6) is -3.89. The summed E-state index contributed by atoms with van der Waals surface area (Å²) in [6.45, 7) is 0.563. The molecule has 0 saturated carbocycles. The zero-order valence-electron chi connectivity index (χ0n) is 18.7. The summed E-state index contributed by atoms with van der Waals surface area (Å²) in [7, 11) is 3.84. The molecule has 3 rings (SSSR count). The molecule has 0 radical (unpaired) electrons. The normalized spacial score (nSPS) is 13.6. The van der Waals surface area contributed by atoms with E-state index in [0.29, 0.717) is 6.54 Å². The molecule has 1 aliphatic heterocycles. The fourth-order valence-electron chi connectivity index (χ4n) is 3.71. The average Bonchev–Trinajstić information content (AvgIpc) is 2.91. The molecule has 182 valence electrons. The van der Waals surface area contributed by atoms with Crippen LogP contribution in [0.5, 0.6) is 0 Å². The number of halogens is 2. The van der Waals surface area contributed by atoms with E-state index in [-0.39, 0.29) is 45.2 Å². The number of nitrogen functional groups attached to an aromatic ring is 1. The van der Waals surface area contributed by atoms with Gasteiger partial charge in [0.2, 0.25) is 5.78 Å². The van der Waals surface area contributed by atoms with Crippen molar-refractivity contribution in [3.8, 4) is 0 Å². The fourth-order valence-corrected chi connectivity index (χ4v) is 4.09. The number of carbonyl (C=O) groups excluding carboxylic acids is 1. The van der Waals surface area contributed by atoms with Crippen LogP contribution in [0.2, 0.25) is 0 Å². The molecule has 0 amide bonds. The predicted molar refractivity (Wildman–Crippen MR) is 128 cm³/mol. The Hall–Kier alpha value is -3.15. The number of Topliss-reactive ketones (excluding diaryl/α,β-unsaturated/α-hetero) is 1. The van der Waals surface area contributed by atoms with Crippen LogP contribution in [-0.4, -0.2) is 54.1 Å². The van der Waals surface area contributed by atoms with Crippen LogP contribution in [0.4, 0.5) is 25.8 Å². The zero-order chi connectivity index (χ0) is 25.2. The van der Waals surface area contributed by atoms with Crippen molar-refractivity contribution in [3.63, 3.8) is 0 Å². The highest BCUT2D eigenvalue weighted by atomic mass is 32.1. The fraction of sp³-hybridized carbons (Fsp3) is 0.304. The van der Waals surface area contributed by atoms with Crippen molar-refractivity contribution in [2.75, 3.05) is 43.1 Å². The molecule has 0 saturated heterocycles. The molecule has 11 heteroatoms. The lowest BCUT2D eigenvalue weighted by molar-refractivity contribution is -0.132. The number of nitrogens with two attached hydrogens (primary N) is 1. The number of aliphatic hydroxyl groups excluding tert-OH is 1. The predicted octanol–water partition coefficient (Wildman–Crippen LogP) is 2.86. The highest BCUT2D eigenvalue weighted by molar-refractivity contribution is 7.80. The lowest BCUT2D eigenvalue weighted by atomic mass is 9.98. The number of rotatable bonds is 8. The third-order valence-corrected chi connectivity index (χ3v) is 5.95. The van der Waals surface area contributed by atoms with Crippen LogP contribution in [0.1, 0.15) is 27.9 Å². The molecule has 8 nitrogen and oxygen atoms in total. The summed E-state index contributed by atoms with van der Waals surface area (Å²) in [6, 6.07) is 3.28. The number of aliphatic hydroxyl groups is 1. The van der Waals surface area contributed by atoms with Gasteiger partial charge >= 0.3 is 5.97 Å². The minimum atomic E-state index is -1.52. The standard InChI is InChI=1S/C23H26F2N4O4S/c1-28(2)5-3-4-27-20-17(25)7-13-14(22(20)34)9-29(10-15(21(13)31)23(32)33)19-8-18(26)16(24)6-12(19)11-30/h6-8,10,27,30,34H,3-5,9,11,26H2,1-2H3,(H,32,33). The Kier molecular flexibility index (Phi) is 7.80. The Morgan fingerprint density at radius 1 is 1.26 bits per heavy atom. The third-order valence-electron chi connectivity index (χ3n) is 5.45. The largest absolute Gasteiger partial charge is 0.477 e. The van der Waals surface area contributed by atoms with E-state index in [2.05, 4.69) is 17.9 Å². The van der Waals surface area contributed by atoms with E-state index in [0.717, 1.165) is 31.3 Å². The number of nitrogens with one attached hydrogen (secondary N) is 1. The van der Waals surface area contributed by atoms with Crippen LogP contribution in [-0.2, 0) is 17.9 Å². The molecule has 0 spiro atoms. The number of aliphatic carboxylic acids is 1. The second-order valence-electron chi connectivity index (χ2n) is 8.16. The van der Waals surface area contributed by atoms with E-state index in [1.54, 1.807) is 0 Å². The Balaban J connectivity index is 2.12. The molecule has 2 aromatic carbocycles. The van der Waals surface area contributed by atoms with Crippen molar-refractivity contribution in [1.82, 2.24) is 4.90 Å². The average molecular weight is 493 g/mol. The molecular formula is C23H26F2N4O4S. The number of nitrogens with zero attached hydrogens (tertiary/aromatic N) is 2. The van der Waals surface area contributed by atoms with Crippen molar-refractivity contribution in [3.05, 3.63) is 58.3 Å². The lowest BCUT2D eigenvalue weighted by Gasteiger charge is -2.25. The molecule has 5 N–H and O–H groups in total. The number of fused-ring (bicyclic) bond motifs is 1. The molecule has 0 bridgehead atoms. The van der Waals surface area contributed by atoms with Crippen molar-refractivity contribution in [2.45, 2.75) is 24.5 Å². The first kappa shape index (κ1) is 25.5. The summed E-state index contributed by atoms with van der Waals surface area (Å²) in [5, 5.41) is 22.4. The maximum absolute atomic E-state index is 14.9. The zero-order valence-corrected chi connectivity index (χ0v) is 19.6. The minimum absolute atomic E-state index is 0.0911. The minimum Gasteiger partial charge on any atom is -0.477 e. The van der Waals surface area contributed by atoms with E-state index < -0.39 is 35.6 Å². The SMILES string of the molecule is CN(C)CCCNc1c(F)cc2c(c1S)CN(c1cc(N)c(F)cc1CO)C=C(C(=O)O)C2=O. The number of hydrogen-bond acceptors (Lipinski definition) is 8. The molecule has 0 atom stereocenters. The van der Waals surface area contributed by atoms with Crippen LogP contribution in [0, 0.1) is 11.6 Å². The van der Waals surface area contributed by atoms with E-state index in [1.807, 2.05) is 19.0 Å². The van der Waals surface area contributed by atoms with E-state index in [4.69, 9.17) is 5.73 Å². The highest BCUT2D eigenvalue weighted by Gasteiger charge is 2.31. The lowest BCUT2D eigenvalue weighted by Crippen LogP contribution is -2.20. The highest BCUT2D eigenvalue weighted by Crippen LogP contribution is 2.37. The number of carboxylic acids is 1. The van der Waals surface area contributed by atoms with Gasteiger partial charge in [0, 0.05) is 41.0 Å². The van der Waals surface area contributed by atoms with Crippen molar-refractivity contribution >= 4 is 41.4 Å². The van der Waals surface area contributed by atoms with Crippen LogP contribution in [0.15, 0.2) is 34.9 Å². The van der Waals surface area contributed by atoms with E-state index in [1.165, 1.54) is 11.0 Å². The van der Waals surface area contributed by atoms with Gasteiger partial charge in [-0.05, 0) is 50.8 Å². The first-order chi connectivity index (χ1) is 16.0. The topological polar surface area (TPSA) is 119 Å². The number of hydrogen-bond donors (Lipinski definition) is 5. The summed E-state index contributed by atoms with van der Waals surface area (Å²) >= 11 is 4.47. The van der Waals surface area contributed by atoms with Gasteiger partial charge in [0.05, 0.1) is 18.0 Å². The van der Waals surface area contributed by atoms with Crippen molar-refractivity contribution in [2.24, 2.45) is 0 Å². The molecule has 0 aromatic heterocycles. The van der Waals surface area contributed by atoms with Gasteiger partial charge in [-0.2, -0.15) is 0 Å². The summed E-state index contributed by atoms with van der Waals surface area (Å²) in [6.07, 6.45) is 1.80. The quantitative estimate of drug-likeness (QED) is 0.165. The van der Waals surface area contributed by atoms with Gasteiger partial charge in [-0.3, -0.25) is 4.79 Å². The first-order valence-electron chi connectivity index (χ1n) is 10.4. The Morgan fingerprint density at radius 2 is 1.97 bits per heavy atom. The molecule has 34 heavy (non-hydrogen) atoms. The Labute approximate surface area is 201 Å². The Morgan fingerprint density at radius 3 is 2.59 bits per heavy atom. The monoisotopic (exact) mass is 492 g/mol. The number of carboxylic acid groups (broad SMARTS) is 1. The number of ketones is 1. The number of thiol groups is 1. The van der Waals surface area contributed by atoms with Gasteiger partial charge in [-0.15, -0.1) is 12.6 Å². The molecule has 0 fully saturated rings. The van der Waals surface area contributed by atoms with Crippen LogP contribution < -0.4 is 16.0 Å². The Bertz CT molecular complexity index is 1170. The maximum atomic E-state index is 14.9. The van der Waals surface area contributed by atoms with E-state index >= 15 is 0 Å². The number of benzene rings is 2. The van der Waals surface area contributed by atoms with Gasteiger partial charge in [-0.1, -0.05) is 0 Å². The second kappa shape index (κ2) is 10.4. The van der Waals surface area contributed by atoms with Crippen LogP contribution >= 0.6 is 12.6 Å². The van der Waals surface area contributed by atoms with Gasteiger partial charge in [-0.25, -0.2) is 13.6 Å². The molecule has 1 heterocycles. The summed E-state index contributed by atoms with van der Waals surface area (Å²) in [4.78, 5) is 28.4. The van der Waals surface area contributed by atoms with Gasteiger partial charge in [0.15, 0.2) is 0 Å². The smallest absolute Gasteiger partial charge is 0.341 e. The molecule has 0 aliphatic carbocycles. The molecule has 1 aliphatic rings. The first-order valence-corrected chi connectivity index (χ1v) is 10.9. The molecule has 0 unspecified atom stereocenters. The van der Waals surface area contributed by atoms with E-state index in [9.17, 15) is 28.6 Å². The maximum Gasteiger partial charge on any atom is 0.341 e. The second-order valence-corrected chi connectivity index (χ2v) is 8.60. The summed E-state index contributed by atoms with van der Waals surface area (Å²) < 4.78 is 28.9. The number of carbonyl (C=O) groups is 2. The van der Waals surface area contributed by atoms with Crippen molar-refractivity contribution in [1.29, 1.82) is 0 Å². The van der Waals surface area contributed by atoms with Crippen molar-refractivity contribution < 1.29 is 28.6 Å². The summed E-state index contributed by atoms with van der Waals surface area (Å²) in [5.41, 5.74) is 5.43. The molecular weight excluding hydrogens is 466 g/mol. The van der Waals surface area contributed by atoms with Gasteiger partial charge in [0.1, 0.15) is 17.2 Å². The number of anilines is 3. The molecule has 2 aromatic rings. The van der Waals surface area contributed by atoms with Gasteiger partial charge < -0.3 is 31.1 Å². The van der Waals surface area contributed by atoms with Crippen LogP contribution in [0.25, 0.3) is 0 Å².